The Morgan fingerprint density at radius 2 is 1.53 bits per heavy atom. The van der Waals surface area contributed by atoms with Crippen molar-refractivity contribution in [1.29, 1.82) is 0 Å². The number of benzene rings is 2. The van der Waals surface area contributed by atoms with Crippen LogP contribution in [-0.2, 0) is 32.4 Å². The third-order valence-corrected chi connectivity index (χ3v) is 7.78. The first-order chi connectivity index (χ1) is 15.5. The van der Waals surface area contributed by atoms with Crippen LogP contribution in [0.2, 0.25) is 0 Å². The number of carbonyl (C=O) groups excluding carboxylic acids is 1. The second-order valence-corrected chi connectivity index (χ2v) is 10.3. The van der Waals surface area contributed by atoms with Gasteiger partial charge in [-0.15, -0.1) is 0 Å². The van der Waals surface area contributed by atoms with Crippen molar-refractivity contribution >= 4 is 15.9 Å². The summed E-state index contributed by atoms with van der Waals surface area (Å²) in [6.45, 7) is 1.85. The van der Waals surface area contributed by atoms with Crippen LogP contribution < -0.4 is 4.72 Å². The van der Waals surface area contributed by atoms with Crippen molar-refractivity contribution in [2.75, 3.05) is 26.3 Å². The number of hydrogen-bond acceptors (Lipinski definition) is 4. The Hall–Kier alpha value is -2.22. The van der Waals surface area contributed by atoms with E-state index in [0.717, 1.165) is 31.2 Å². The van der Waals surface area contributed by atoms with Crippen LogP contribution in [0.25, 0.3) is 0 Å². The van der Waals surface area contributed by atoms with Gasteiger partial charge in [0, 0.05) is 13.1 Å². The second kappa shape index (κ2) is 10.6. The van der Waals surface area contributed by atoms with E-state index in [1.165, 1.54) is 24.8 Å². The number of amides is 1. The molecule has 2 aromatic rings. The number of nitrogens with zero attached hydrogens (tertiary/aromatic N) is 1. The number of aryl methyl sites for hydroxylation is 2. The van der Waals surface area contributed by atoms with E-state index in [4.69, 9.17) is 4.74 Å². The van der Waals surface area contributed by atoms with Crippen molar-refractivity contribution in [1.82, 2.24) is 9.62 Å². The topological polar surface area (TPSA) is 75.7 Å². The molecule has 1 unspecified atom stereocenters. The van der Waals surface area contributed by atoms with Gasteiger partial charge in [0.2, 0.25) is 15.9 Å². The Morgan fingerprint density at radius 3 is 2.25 bits per heavy atom. The summed E-state index contributed by atoms with van der Waals surface area (Å²) >= 11 is 0. The third kappa shape index (κ3) is 5.57. The van der Waals surface area contributed by atoms with Crippen molar-refractivity contribution in [3.05, 3.63) is 65.2 Å². The summed E-state index contributed by atoms with van der Waals surface area (Å²) in [5.41, 5.74) is 3.00. The second-order valence-electron chi connectivity index (χ2n) is 8.60. The number of nitrogens with one attached hydrogen (secondary N) is 1. The molecule has 0 spiro atoms. The van der Waals surface area contributed by atoms with E-state index >= 15 is 0 Å². The Labute approximate surface area is 191 Å². The molecule has 1 N–H and O–H groups in total. The number of sulfonamides is 1. The van der Waals surface area contributed by atoms with Gasteiger partial charge in [0.1, 0.15) is 6.04 Å². The first kappa shape index (κ1) is 23.0. The molecule has 0 bridgehead atoms. The molecule has 1 fully saturated rings. The highest BCUT2D eigenvalue weighted by atomic mass is 32.2. The van der Waals surface area contributed by atoms with Crippen molar-refractivity contribution in [2.24, 2.45) is 0 Å². The van der Waals surface area contributed by atoms with Crippen molar-refractivity contribution < 1.29 is 17.9 Å². The zero-order valence-corrected chi connectivity index (χ0v) is 19.3. The molecule has 2 aromatic carbocycles. The fourth-order valence-electron chi connectivity index (χ4n) is 4.50. The molecule has 32 heavy (non-hydrogen) atoms. The van der Waals surface area contributed by atoms with Crippen LogP contribution >= 0.6 is 0 Å². The van der Waals surface area contributed by atoms with Crippen LogP contribution in [0, 0.1) is 0 Å². The van der Waals surface area contributed by atoms with Crippen LogP contribution in [0.4, 0.5) is 0 Å². The molecule has 1 heterocycles. The molecule has 1 aliphatic heterocycles. The SMILES string of the molecule is O=C(C(NS(=O)(=O)c1ccc2c(c1)CCCCCCC2)c1ccccc1)N1CCOCC1. The molecule has 0 aromatic heterocycles. The van der Waals surface area contributed by atoms with E-state index in [0.29, 0.717) is 31.9 Å². The Balaban J connectivity index is 1.61. The van der Waals surface area contributed by atoms with Crippen molar-refractivity contribution in [2.45, 2.75) is 55.9 Å². The van der Waals surface area contributed by atoms with E-state index in [9.17, 15) is 13.2 Å². The fraction of sp³-hybridized carbons (Fsp3) is 0.480. The van der Waals surface area contributed by atoms with Gasteiger partial charge in [-0.1, -0.05) is 55.7 Å². The lowest BCUT2D eigenvalue weighted by Crippen LogP contribution is -2.47. The lowest BCUT2D eigenvalue weighted by atomic mass is 10.00. The van der Waals surface area contributed by atoms with E-state index in [1.807, 2.05) is 30.3 Å². The number of hydrogen-bond donors (Lipinski definition) is 1. The van der Waals surface area contributed by atoms with E-state index in [2.05, 4.69) is 4.72 Å². The molecule has 1 amide bonds. The van der Waals surface area contributed by atoms with Gasteiger partial charge in [0.05, 0.1) is 18.1 Å². The summed E-state index contributed by atoms with van der Waals surface area (Å²) in [5.74, 6) is -0.245. The Kier molecular flexibility index (Phi) is 7.60. The maximum atomic E-state index is 13.4. The van der Waals surface area contributed by atoms with Crippen LogP contribution in [0.5, 0.6) is 0 Å². The third-order valence-electron chi connectivity index (χ3n) is 6.36. The molecular formula is C25H32N2O4S. The number of rotatable bonds is 5. The number of ether oxygens (including phenoxy) is 1. The lowest BCUT2D eigenvalue weighted by Gasteiger charge is -2.31. The number of fused-ring (bicyclic) bond motifs is 1. The highest BCUT2D eigenvalue weighted by molar-refractivity contribution is 7.89. The minimum atomic E-state index is -3.88. The molecule has 0 saturated carbocycles. The van der Waals surface area contributed by atoms with Crippen molar-refractivity contribution in [3.8, 4) is 0 Å². The van der Waals surface area contributed by atoms with E-state index in [1.54, 1.807) is 23.1 Å². The van der Waals surface area contributed by atoms with Gasteiger partial charge >= 0.3 is 0 Å². The minimum absolute atomic E-state index is 0.228. The molecule has 4 rings (SSSR count). The summed E-state index contributed by atoms with van der Waals surface area (Å²) in [6.07, 6.45) is 7.75. The monoisotopic (exact) mass is 456 g/mol. The van der Waals surface area contributed by atoms with Crippen LogP contribution in [-0.4, -0.2) is 45.5 Å². The van der Waals surface area contributed by atoms with E-state index in [-0.39, 0.29) is 10.8 Å². The van der Waals surface area contributed by atoms with E-state index < -0.39 is 16.1 Å². The maximum absolute atomic E-state index is 13.4. The molecule has 1 aliphatic carbocycles. The number of morpholine rings is 1. The lowest BCUT2D eigenvalue weighted by molar-refractivity contribution is -0.137. The van der Waals surface area contributed by atoms with Gasteiger partial charge in [-0.25, -0.2) is 8.42 Å². The molecule has 7 heteroatoms. The highest BCUT2D eigenvalue weighted by Crippen LogP contribution is 2.25. The maximum Gasteiger partial charge on any atom is 0.245 e. The Bertz CT molecular complexity index is 1020. The molecule has 0 radical (unpaired) electrons. The zero-order valence-electron chi connectivity index (χ0n) is 18.5. The van der Waals surface area contributed by atoms with Crippen molar-refractivity contribution in [3.63, 3.8) is 0 Å². The smallest absolute Gasteiger partial charge is 0.245 e. The average molecular weight is 457 g/mol. The van der Waals surface area contributed by atoms with Crippen LogP contribution in [0.15, 0.2) is 53.4 Å². The van der Waals surface area contributed by atoms with Gasteiger partial charge < -0.3 is 9.64 Å². The van der Waals surface area contributed by atoms with Gasteiger partial charge in [-0.2, -0.15) is 4.72 Å². The summed E-state index contributed by atoms with van der Waals surface area (Å²) in [5, 5.41) is 0. The standard InChI is InChI=1S/C25H32N2O4S/c28-25(27-15-17-31-18-16-27)24(21-10-7-4-8-11-21)26-32(29,30)23-14-13-20-9-5-2-1-3-6-12-22(20)19-23/h4,7-8,10-11,13-14,19,24,26H,1-3,5-6,9,12,15-18H2. The van der Waals surface area contributed by atoms with Gasteiger partial charge in [-0.05, 0) is 54.5 Å². The predicted octanol–water partition coefficient (Wildman–Crippen LogP) is 3.61. The predicted molar refractivity (Wildman–Crippen MR) is 124 cm³/mol. The first-order valence-corrected chi connectivity index (χ1v) is 13.1. The molecule has 172 valence electrons. The normalized spacial score (nSPS) is 18.7. The largest absolute Gasteiger partial charge is 0.378 e. The molecule has 6 nitrogen and oxygen atoms in total. The quantitative estimate of drug-likeness (QED) is 0.746. The summed E-state index contributed by atoms with van der Waals surface area (Å²) in [6, 6.07) is 13.5. The zero-order chi connectivity index (χ0) is 22.4. The molecule has 2 aliphatic rings. The van der Waals surface area contributed by atoms with Gasteiger partial charge in [0.15, 0.2) is 0 Å². The molecule has 1 saturated heterocycles. The summed E-state index contributed by atoms with van der Waals surface area (Å²) in [4.78, 5) is 15.2. The molecular weight excluding hydrogens is 424 g/mol. The fourth-order valence-corrected chi connectivity index (χ4v) is 5.73. The summed E-state index contributed by atoms with van der Waals surface area (Å²) < 4.78 is 34.9. The Morgan fingerprint density at radius 1 is 0.875 bits per heavy atom. The number of carbonyl (C=O) groups is 1. The average Bonchev–Trinajstić information content (AvgIpc) is 2.95. The highest BCUT2D eigenvalue weighted by Gasteiger charge is 2.31. The summed E-state index contributed by atoms with van der Waals surface area (Å²) in [7, 11) is -3.88. The van der Waals surface area contributed by atoms with Crippen LogP contribution in [0.1, 0.15) is 54.8 Å². The van der Waals surface area contributed by atoms with Crippen LogP contribution in [0.3, 0.4) is 0 Å². The molecule has 1 atom stereocenters. The van der Waals surface area contributed by atoms with Gasteiger partial charge in [-0.3, -0.25) is 4.79 Å². The minimum Gasteiger partial charge on any atom is -0.378 e. The van der Waals surface area contributed by atoms with Gasteiger partial charge in [0.25, 0.3) is 0 Å². The first-order valence-electron chi connectivity index (χ1n) is 11.6.